The van der Waals surface area contributed by atoms with Gasteiger partial charge in [0.2, 0.25) is 0 Å². The molecule has 1 fully saturated rings. The molecule has 0 radical (unpaired) electrons. The minimum absolute atomic E-state index is 0.179. The van der Waals surface area contributed by atoms with Crippen LogP contribution >= 0.6 is 23.2 Å². The molecule has 2 aliphatic heterocycles. The summed E-state index contributed by atoms with van der Waals surface area (Å²) in [6.07, 6.45) is 1.20. The Balaban J connectivity index is 1.83. The van der Waals surface area contributed by atoms with Crippen molar-refractivity contribution in [3.63, 3.8) is 0 Å². The molecule has 0 spiro atoms. The molecular weight excluding hydrogens is 315 g/mol. The molecule has 112 valence electrons. The highest BCUT2D eigenvalue weighted by Crippen LogP contribution is 2.31. The van der Waals surface area contributed by atoms with Crippen molar-refractivity contribution in [1.82, 2.24) is 9.80 Å². The highest BCUT2D eigenvalue weighted by molar-refractivity contribution is 6.43. The van der Waals surface area contributed by atoms with Crippen LogP contribution in [0.5, 0.6) is 0 Å². The first kappa shape index (κ1) is 14.8. The summed E-state index contributed by atoms with van der Waals surface area (Å²) in [5.41, 5.74) is 0.568. The number of carbonyl (C=O) groups is 2. The molecule has 0 bridgehead atoms. The molecule has 7 heteroatoms. The number of piperidine rings is 1. The van der Waals surface area contributed by atoms with Crippen LogP contribution < -0.4 is 0 Å². The zero-order valence-electron chi connectivity index (χ0n) is 11.2. The van der Waals surface area contributed by atoms with E-state index < -0.39 is 6.10 Å². The topological polar surface area (TPSA) is 60.9 Å². The standard InChI is InChI=1S/C14H14Cl2N2O3/c15-11-4-9-10(5-12(11)16)14(21)18(13(9)20)7-17-3-1-2-8(19)6-17/h4-5,8,19H,1-3,6-7H2/t8-/m1/s1. The SMILES string of the molecule is O=C1c2cc(Cl)c(Cl)cc2C(=O)N1CN1CCC[C@@H](O)C1. The number of hydrogen-bond acceptors (Lipinski definition) is 4. The maximum Gasteiger partial charge on any atom is 0.262 e. The fourth-order valence-electron chi connectivity index (χ4n) is 2.77. The smallest absolute Gasteiger partial charge is 0.262 e. The first-order valence-electron chi connectivity index (χ1n) is 6.73. The van der Waals surface area contributed by atoms with E-state index in [2.05, 4.69) is 0 Å². The minimum Gasteiger partial charge on any atom is -0.392 e. The second-order valence-electron chi connectivity index (χ2n) is 5.36. The third-order valence-electron chi connectivity index (χ3n) is 3.83. The van der Waals surface area contributed by atoms with Gasteiger partial charge in [0.05, 0.1) is 33.9 Å². The molecule has 0 saturated carbocycles. The summed E-state index contributed by atoms with van der Waals surface area (Å²) >= 11 is 11.8. The van der Waals surface area contributed by atoms with E-state index in [0.717, 1.165) is 19.4 Å². The van der Waals surface area contributed by atoms with Gasteiger partial charge in [0.1, 0.15) is 0 Å². The van der Waals surface area contributed by atoms with Crippen LogP contribution in [-0.4, -0.2) is 52.6 Å². The quantitative estimate of drug-likeness (QED) is 0.843. The Kier molecular flexibility index (Phi) is 3.92. The molecular formula is C14H14Cl2N2O3. The van der Waals surface area contributed by atoms with Crippen LogP contribution in [0, 0.1) is 0 Å². The zero-order valence-corrected chi connectivity index (χ0v) is 12.7. The highest BCUT2D eigenvalue weighted by Gasteiger charge is 2.37. The number of nitrogens with zero attached hydrogens (tertiary/aromatic N) is 2. The van der Waals surface area contributed by atoms with E-state index in [1.807, 2.05) is 4.90 Å². The van der Waals surface area contributed by atoms with E-state index in [4.69, 9.17) is 23.2 Å². The molecule has 0 aliphatic carbocycles. The third-order valence-corrected chi connectivity index (χ3v) is 4.56. The molecule has 5 nitrogen and oxygen atoms in total. The van der Waals surface area contributed by atoms with Crippen LogP contribution in [0.4, 0.5) is 0 Å². The molecule has 2 heterocycles. The summed E-state index contributed by atoms with van der Waals surface area (Å²) in [4.78, 5) is 27.8. The Morgan fingerprint density at radius 3 is 2.24 bits per heavy atom. The number of hydrogen-bond donors (Lipinski definition) is 1. The van der Waals surface area contributed by atoms with Crippen molar-refractivity contribution < 1.29 is 14.7 Å². The van der Waals surface area contributed by atoms with E-state index in [9.17, 15) is 14.7 Å². The zero-order chi connectivity index (χ0) is 15.1. The lowest BCUT2D eigenvalue weighted by molar-refractivity contribution is 0.0304. The summed E-state index contributed by atoms with van der Waals surface area (Å²) < 4.78 is 0. The van der Waals surface area contributed by atoms with Crippen LogP contribution in [0.3, 0.4) is 0 Å². The number of likely N-dealkylation sites (tertiary alicyclic amines) is 1. The Labute approximate surface area is 132 Å². The van der Waals surface area contributed by atoms with Crippen LogP contribution in [-0.2, 0) is 0 Å². The van der Waals surface area contributed by atoms with E-state index >= 15 is 0 Å². The van der Waals surface area contributed by atoms with Gasteiger partial charge in [-0.1, -0.05) is 23.2 Å². The largest absolute Gasteiger partial charge is 0.392 e. The van der Waals surface area contributed by atoms with Gasteiger partial charge >= 0.3 is 0 Å². The van der Waals surface area contributed by atoms with Gasteiger partial charge in [0.15, 0.2) is 0 Å². The second kappa shape index (κ2) is 5.57. The second-order valence-corrected chi connectivity index (χ2v) is 6.18. The lowest BCUT2D eigenvalue weighted by Gasteiger charge is -2.32. The van der Waals surface area contributed by atoms with Gasteiger partial charge in [0.25, 0.3) is 11.8 Å². The van der Waals surface area contributed by atoms with Gasteiger partial charge in [-0.2, -0.15) is 0 Å². The molecule has 21 heavy (non-hydrogen) atoms. The predicted octanol–water partition coefficient (Wildman–Crippen LogP) is 2.00. The molecule has 0 aromatic heterocycles. The van der Waals surface area contributed by atoms with Crippen molar-refractivity contribution in [1.29, 1.82) is 0 Å². The van der Waals surface area contributed by atoms with E-state index in [0.29, 0.717) is 6.54 Å². The predicted molar refractivity (Wildman–Crippen MR) is 78.6 cm³/mol. The third kappa shape index (κ3) is 2.66. The Morgan fingerprint density at radius 1 is 1.14 bits per heavy atom. The molecule has 1 saturated heterocycles. The Hall–Kier alpha value is -1.14. The number of amides is 2. The molecule has 3 rings (SSSR count). The number of β-amino-alcohol motifs (C(OH)–C–C–N with tert-alkyl or cyclic N) is 1. The summed E-state index contributed by atoms with van der Waals surface area (Å²) in [7, 11) is 0. The lowest BCUT2D eigenvalue weighted by Crippen LogP contribution is -2.46. The molecule has 1 aromatic carbocycles. The van der Waals surface area contributed by atoms with Crippen LogP contribution in [0.25, 0.3) is 0 Å². The van der Waals surface area contributed by atoms with Crippen molar-refractivity contribution in [2.24, 2.45) is 0 Å². The average Bonchev–Trinajstić information content (AvgIpc) is 2.65. The molecule has 1 atom stereocenters. The summed E-state index contributed by atoms with van der Waals surface area (Å²) in [5, 5.41) is 10.2. The number of aliphatic hydroxyl groups excluding tert-OH is 1. The van der Waals surface area contributed by atoms with Crippen molar-refractivity contribution in [2.75, 3.05) is 19.8 Å². The van der Waals surface area contributed by atoms with Gasteiger partial charge in [0, 0.05) is 13.1 Å². The van der Waals surface area contributed by atoms with Gasteiger partial charge < -0.3 is 5.11 Å². The first-order chi connectivity index (χ1) is 9.97. The van der Waals surface area contributed by atoms with Crippen LogP contribution in [0.2, 0.25) is 10.0 Å². The van der Waals surface area contributed by atoms with E-state index in [1.54, 1.807) is 0 Å². The van der Waals surface area contributed by atoms with Crippen LogP contribution in [0.1, 0.15) is 33.6 Å². The summed E-state index contributed by atoms with van der Waals surface area (Å²) in [6, 6.07) is 2.87. The number of benzene rings is 1. The number of halogens is 2. The summed E-state index contributed by atoms with van der Waals surface area (Å²) in [5.74, 6) is -0.734. The molecule has 2 aliphatic rings. The van der Waals surface area contributed by atoms with Crippen molar-refractivity contribution >= 4 is 35.0 Å². The minimum atomic E-state index is -0.405. The first-order valence-corrected chi connectivity index (χ1v) is 7.48. The van der Waals surface area contributed by atoms with Crippen molar-refractivity contribution in [2.45, 2.75) is 18.9 Å². The van der Waals surface area contributed by atoms with E-state index in [1.165, 1.54) is 17.0 Å². The van der Waals surface area contributed by atoms with Crippen molar-refractivity contribution in [3.8, 4) is 0 Å². The van der Waals surface area contributed by atoms with Gasteiger partial charge in [-0.05, 0) is 25.0 Å². The lowest BCUT2D eigenvalue weighted by atomic mass is 10.1. The number of imide groups is 1. The van der Waals surface area contributed by atoms with Gasteiger partial charge in [-0.15, -0.1) is 0 Å². The monoisotopic (exact) mass is 328 g/mol. The number of fused-ring (bicyclic) bond motifs is 1. The Bertz CT molecular complexity index is 579. The van der Waals surface area contributed by atoms with Crippen molar-refractivity contribution in [3.05, 3.63) is 33.3 Å². The Morgan fingerprint density at radius 2 is 1.71 bits per heavy atom. The normalized spacial score (nSPS) is 22.8. The number of aliphatic hydroxyl groups is 1. The number of carbonyl (C=O) groups excluding carboxylic acids is 2. The molecule has 1 N–H and O–H groups in total. The maximum atomic E-state index is 12.3. The highest BCUT2D eigenvalue weighted by atomic mass is 35.5. The van der Waals surface area contributed by atoms with E-state index in [-0.39, 0.29) is 39.7 Å². The van der Waals surface area contributed by atoms with Crippen LogP contribution in [0.15, 0.2) is 12.1 Å². The molecule has 1 aromatic rings. The average molecular weight is 329 g/mol. The molecule has 2 amide bonds. The van der Waals surface area contributed by atoms with Gasteiger partial charge in [-0.3, -0.25) is 19.4 Å². The fraction of sp³-hybridized carbons (Fsp3) is 0.429. The molecule has 0 unspecified atom stereocenters. The fourth-order valence-corrected chi connectivity index (χ4v) is 3.10. The van der Waals surface area contributed by atoms with Gasteiger partial charge in [-0.25, -0.2) is 0 Å². The maximum absolute atomic E-state index is 12.3. The number of rotatable bonds is 2. The summed E-state index contributed by atoms with van der Waals surface area (Å²) in [6.45, 7) is 1.40.